The Hall–Kier alpha value is -2.74. The van der Waals surface area contributed by atoms with Gasteiger partial charge in [0.05, 0.1) is 4.92 Å². The Bertz CT molecular complexity index is 714. The zero-order valence-corrected chi connectivity index (χ0v) is 13.6. The normalized spacial score (nSPS) is 12.0. The first-order chi connectivity index (χ1) is 11.5. The van der Waals surface area contributed by atoms with Gasteiger partial charge in [0.1, 0.15) is 6.20 Å². The monoisotopic (exact) mass is 332 g/mol. The molecule has 1 unspecified atom stereocenters. The van der Waals surface area contributed by atoms with Crippen molar-refractivity contribution >= 4 is 11.6 Å². The molecule has 8 nitrogen and oxygen atoms in total. The SMILES string of the molecule is CC(CCO)N(Cc1ccccc1)C(=O)c1c([N+](=O)[O-])cnn1C. The van der Waals surface area contributed by atoms with E-state index in [1.807, 2.05) is 30.3 Å². The van der Waals surface area contributed by atoms with Crippen molar-refractivity contribution in [3.8, 4) is 0 Å². The van der Waals surface area contributed by atoms with E-state index in [2.05, 4.69) is 5.10 Å². The molecular weight excluding hydrogens is 312 g/mol. The number of nitro groups is 1. The second-order valence-electron chi connectivity index (χ2n) is 5.54. The highest BCUT2D eigenvalue weighted by atomic mass is 16.6. The van der Waals surface area contributed by atoms with E-state index in [-0.39, 0.29) is 24.0 Å². The molecule has 0 fully saturated rings. The van der Waals surface area contributed by atoms with Gasteiger partial charge in [-0.1, -0.05) is 30.3 Å². The lowest BCUT2D eigenvalue weighted by Gasteiger charge is -2.29. The maximum absolute atomic E-state index is 13.0. The molecule has 0 aliphatic rings. The lowest BCUT2D eigenvalue weighted by molar-refractivity contribution is -0.385. The lowest BCUT2D eigenvalue weighted by Crippen LogP contribution is -2.39. The molecule has 0 saturated heterocycles. The molecule has 0 bridgehead atoms. The standard InChI is InChI=1S/C16H20N4O4/c1-12(8-9-21)19(11-13-6-4-3-5-7-13)16(22)15-14(20(23)24)10-17-18(15)2/h3-7,10,12,21H,8-9,11H2,1-2H3. The number of rotatable bonds is 7. The van der Waals surface area contributed by atoms with Crippen LogP contribution in [0, 0.1) is 10.1 Å². The Morgan fingerprint density at radius 3 is 2.67 bits per heavy atom. The van der Waals surface area contributed by atoms with Gasteiger partial charge in [-0.25, -0.2) is 0 Å². The van der Waals surface area contributed by atoms with Crippen LogP contribution in [0.4, 0.5) is 5.69 Å². The quantitative estimate of drug-likeness (QED) is 0.615. The average molecular weight is 332 g/mol. The minimum absolute atomic E-state index is 0.0688. The van der Waals surface area contributed by atoms with Crippen LogP contribution in [0.2, 0.25) is 0 Å². The van der Waals surface area contributed by atoms with Crippen LogP contribution in [0.1, 0.15) is 29.4 Å². The number of carbonyl (C=O) groups excluding carboxylic acids is 1. The smallest absolute Gasteiger partial charge is 0.320 e. The predicted octanol–water partition coefficient (Wildman–Crippen LogP) is 1.74. The summed E-state index contributed by atoms with van der Waals surface area (Å²) in [4.78, 5) is 25.0. The Kier molecular flexibility index (Phi) is 5.64. The molecular formula is C16H20N4O4. The van der Waals surface area contributed by atoms with Crippen molar-refractivity contribution < 1.29 is 14.8 Å². The number of aryl methyl sites for hydroxylation is 1. The van der Waals surface area contributed by atoms with Gasteiger partial charge < -0.3 is 10.0 Å². The zero-order valence-electron chi connectivity index (χ0n) is 13.6. The van der Waals surface area contributed by atoms with E-state index in [1.165, 1.54) is 16.6 Å². The van der Waals surface area contributed by atoms with Crippen LogP contribution >= 0.6 is 0 Å². The van der Waals surface area contributed by atoms with Gasteiger partial charge in [-0.2, -0.15) is 5.10 Å². The molecule has 1 aromatic carbocycles. The van der Waals surface area contributed by atoms with Gasteiger partial charge in [-0.3, -0.25) is 19.6 Å². The fourth-order valence-corrected chi connectivity index (χ4v) is 2.49. The van der Waals surface area contributed by atoms with Crippen LogP contribution in [0.25, 0.3) is 0 Å². The summed E-state index contributed by atoms with van der Waals surface area (Å²) in [7, 11) is 1.50. The molecule has 1 amide bonds. The maximum atomic E-state index is 13.0. The first-order valence-electron chi connectivity index (χ1n) is 7.57. The molecule has 2 rings (SSSR count). The average Bonchev–Trinajstić information content (AvgIpc) is 2.95. The van der Waals surface area contributed by atoms with Crippen molar-refractivity contribution in [1.82, 2.24) is 14.7 Å². The number of aromatic nitrogens is 2. The highest BCUT2D eigenvalue weighted by Crippen LogP contribution is 2.22. The van der Waals surface area contributed by atoms with E-state index in [1.54, 1.807) is 6.92 Å². The van der Waals surface area contributed by atoms with Crippen molar-refractivity contribution in [1.29, 1.82) is 0 Å². The summed E-state index contributed by atoms with van der Waals surface area (Å²) in [6, 6.07) is 9.08. The molecule has 1 atom stereocenters. The van der Waals surface area contributed by atoms with Crippen LogP contribution in [-0.4, -0.2) is 43.3 Å². The summed E-state index contributed by atoms with van der Waals surface area (Å²) in [5, 5.41) is 24.2. The number of aliphatic hydroxyl groups is 1. The summed E-state index contributed by atoms with van der Waals surface area (Å²) < 4.78 is 1.21. The van der Waals surface area contributed by atoms with E-state index < -0.39 is 10.8 Å². The lowest BCUT2D eigenvalue weighted by atomic mass is 10.1. The van der Waals surface area contributed by atoms with E-state index in [0.29, 0.717) is 13.0 Å². The van der Waals surface area contributed by atoms with Crippen molar-refractivity contribution in [3.63, 3.8) is 0 Å². The molecule has 0 radical (unpaired) electrons. The van der Waals surface area contributed by atoms with Crippen LogP contribution < -0.4 is 0 Å². The molecule has 8 heteroatoms. The number of nitrogens with zero attached hydrogens (tertiary/aromatic N) is 4. The van der Waals surface area contributed by atoms with Gasteiger partial charge in [-0.15, -0.1) is 0 Å². The fraction of sp³-hybridized carbons (Fsp3) is 0.375. The largest absolute Gasteiger partial charge is 0.396 e. The Morgan fingerprint density at radius 2 is 2.08 bits per heavy atom. The third kappa shape index (κ3) is 3.77. The first kappa shape index (κ1) is 17.6. The Morgan fingerprint density at radius 1 is 1.42 bits per heavy atom. The first-order valence-corrected chi connectivity index (χ1v) is 7.57. The summed E-state index contributed by atoms with van der Waals surface area (Å²) >= 11 is 0. The molecule has 1 heterocycles. The highest BCUT2D eigenvalue weighted by Gasteiger charge is 2.31. The summed E-state index contributed by atoms with van der Waals surface area (Å²) in [5.41, 5.74) is 0.512. The van der Waals surface area contributed by atoms with Crippen LogP contribution in [0.5, 0.6) is 0 Å². The van der Waals surface area contributed by atoms with E-state index in [0.717, 1.165) is 11.8 Å². The fourth-order valence-electron chi connectivity index (χ4n) is 2.49. The van der Waals surface area contributed by atoms with Crippen molar-refractivity contribution in [2.24, 2.45) is 7.05 Å². The Labute approximate surface area is 139 Å². The summed E-state index contributed by atoms with van der Waals surface area (Å²) in [6.45, 7) is 2.02. The molecule has 0 spiro atoms. The zero-order chi connectivity index (χ0) is 17.7. The number of benzene rings is 1. The highest BCUT2D eigenvalue weighted by molar-refractivity contribution is 5.96. The summed E-state index contributed by atoms with van der Waals surface area (Å²) in [5.74, 6) is -0.480. The molecule has 1 N–H and O–H groups in total. The van der Waals surface area contributed by atoms with Gasteiger partial charge in [0, 0.05) is 26.2 Å². The van der Waals surface area contributed by atoms with Gasteiger partial charge in [-0.05, 0) is 18.9 Å². The molecule has 0 aliphatic carbocycles. The minimum atomic E-state index is -0.613. The third-order valence-electron chi connectivity index (χ3n) is 3.85. The molecule has 1 aromatic heterocycles. The molecule has 2 aromatic rings. The number of aliphatic hydroxyl groups excluding tert-OH is 1. The van der Waals surface area contributed by atoms with Gasteiger partial charge >= 0.3 is 5.69 Å². The van der Waals surface area contributed by atoms with E-state index in [9.17, 15) is 20.0 Å². The van der Waals surface area contributed by atoms with Crippen LogP contribution in [-0.2, 0) is 13.6 Å². The topological polar surface area (TPSA) is 102 Å². The van der Waals surface area contributed by atoms with Crippen molar-refractivity contribution in [2.75, 3.05) is 6.61 Å². The molecule has 24 heavy (non-hydrogen) atoms. The van der Waals surface area contributed by atoms with Gasteiger partial charge in [0.25, 0.3) is 5.91 Å². The minimum Gasteiger partial charge on any atom is -0.396 e. The van der Waals surface area contributed by atoms with Gasteiger partial charge in [0.15, 0.2) is 0 Å². The van der Waals surface area contributed by atoms with Crippen molar-refractivity contribution in [3.05, 3.63) is 57.9 Å². The van der Waals surface area contributed by atoms with Gasteiger partial charge in [0.2, 0.25) is 5.69 Å². The third-order valence-corrected chi connectivity index (χ3v) is 3.85. The van der Waals surface area contributed by atoms with Crippen LogP contribution in [0.3, 0.4) is 0 Å². The van der Waals surface area contributed by atoms with E-state index >= 15 is 0 Å². The molecule has 0 aliphatic heterocycles. The summed E-state index contributed by atoms with van der Waals surface area (Å²) in [6.07, 6.45) is 1.45. The maximum Gasteiger partial charge on any atom is 0.320 e. The number of hydrogen-bond acceptors (Lipinski definition) is 5. The predicted molar refractivity (Wildman–Crippen MR) is 87.3 cm³/mol. The van der Waals surface area contributed by atoms with Crippen molar-refractivity contribution in [2.45, 2.75) is 25.9 Å². The number of amides is 1. The molecule has 0 saturated carbocycles. The number of carbonyl (C=O) groups is 1. The Balaban J connectivity index is 2.38. The van der Waals surface area contributed by atoms with Crippen LogP contribution in [0.15, 0.2) is 36.5 Å². The number of hydrogen-bond donors (Lipinski definition) is 1. The second kappa shape index (κ2) is 7.69. The second-order valence-corrected chi connectivity index (χ2v) is 5.54. The van der Waals surface area contributed by atoms with E-state index in [4.69, 9.17) is 0 Å². The molecule has 128 valence electrons.